The Bertz CT molecular complexity index is 496. The van der Waals surface area contributed by atoms with Crippen molar-refractivity contribution < 1.29 is 18.0 Å². The number of halogens is 3. The number of carbonyl (C=O) groups is 1. The van der Waals surface area contributed by atoms with Crippen LogP contribution in [0.15, 0.2) is 29.4 Å². The zero-order chi connectivity index (χ0) is 14.0. The Morgan fingerprint density at radius 3 is 2.53 bits per heavy atom. The van der Waals surface area contributed by atoms with Crippen LogP contribution in [0.25, 0.3) is 0 Å². The summed E-state index contributed by atoms with van der Waals surface area (Å²) in [5.41, 5.74) is -0.0873. The lowest BCUT2D eigenvalue weighted by Gasteiger charge is -2.21. The Labute approximate surface area is 107 Å². The van der Waals surface area contributed by atoms with Gasteiger partial charge in [-0.05, 0) is 17.7 Å². The van der Waals surface area contributed by atoms with Crippen LogP contribution in [0.3, 0.4) is 0 Å². The van der Waals surface area contributed by atoms with Crippen molar-refractivity contribution in [2.45, 2.75) is 18.6 Å². The van der Waals surface area contributed by atoms with Gasteiger partial charge in [-0.25, -0.2) is 9.80 Å². The van der Waals surface area contributed by atoms with Crippen molar-refractivity contribution in [2.75, 3.05) is 7.05 Å². The maximum atomic E-state index is 12.5. The number of urea groups is 1. The molecule has 1 aromatic rings. The van der Waals surface area contributed by atoms with Crippen LogP contribution in [-0.2, 0) is 6.18 Å². The zero-order valence-corrected chi connectivity index (χ0v) is 10.1. The SMILES string of the molecule is CNC(=O)N1N=CCC1c1ccc(C(F)(F)F)cc1. The Morgan fingerprint density at radius 1 is 1.37 bits per heavy atom. The van der Waals surface area contributed by atoms with E-state index in [0.717, 1.165) is 12.1 Å². The first-order valence-corrected chi connectivity index (χ1v) is 5.64. The molecule has 0 aromatic heterocycles. The highest BCUT2D eigenvalue weighted by atomic mass is 19.4. The van der Waals surface area contributed by atoms with E-state index in [0.29, 0.717) is 12.0 Å². The van der Waals surface area contributed by atoms with Gasteiger partial charge in [0.05, 0.1) is 11.6 Å². The van der Waals surface area contributed by atoms with Crippen LogP contribution < -0.4 is 5.32 Å². The second kappa shape index (κ2) is 4.91. The summed E-state index contributed by atoms with van der Waals surface area (Å²) in [6.45, 7) is 0. The number of nitrogens with one attached hydrogen (secondary N) is 1. The van der Waals surface area contributed by atoms with E-state index in [2.05, 4.69) is 10.4 Å². The highest BCUT2D eigenvalue weighted by Gasteiger charge is 2.32. The minimum atomic E-state index is -4.36. The van der Waals surface area contributed by atoms with Crippen molar-refractivity contribution in [3.63, 3.8) is 0 Å². The van der Waals surface area contributed by atoms with E-state index in [1.54, 1.807) is 6.21 Å². The molecule has 7 heteroatoms. The van der Waals surface area contributed by atoms with Crippen molar-refractivity contribution in [1.29, 1.82) is 0 Å². The fourth-order valence-electron chi connectivity index (χ4n) is 1.90. The number of amides is 2. The van der Waals surface area contributed by atoms with E-state index in [1.807, 2.05) is 0 Å². The van der Waals surface area contributed by atoms with E-state index < -0.39 is 17.8 Å². The van der Waals surface area contributed by atoms with Gasteiger partial charge in [0.25, 0.3) is 0 Å². The van der Waals surface area contributed by atoms with Gasteiger partial charge in [0.2, 0.25) is 0 Å². The fourth-order valence-corrected chi connectivity index (χ4v) is 1.90. The van der Waals surface area contributed by atoms with Gasteiger partial charge in [0, 0.05) is 19.7 Å². The quantitative estimate of drug-likeness (QED) is 0.838. The number of rotatable bonds is 1. The van der Waals surface area contributed by atoms with Gasteiger partial charge >= 0.3 is 12.2 Å². The lowest BCUT2D eigenvalue weighted by Crippen LogP contribution is -2.34. The van der Waals surface area contributed by atoms with Crippen LogP contribution in [0.2, 0.25) is 0 Å². The van der Waals surface area contributed by atoms with Crippen molar-refractivity contribution >= 4 is 12.2 Å². The molecule has 1 N–H and O–H groups in total. The first kappa shape index (κ1) is 13.4. The van der Waals surface area contributed by atoms with Crippen molar-refractivity contribution in [1.82, 2.24) is 10.3 Å². The molecule has 0 spiro atoms. The maximum absolute atomic E-state index is 12.5. The Morgan fingerprint density at radius 2 is 2.00 bits per heavy atom. The first-order valence-electron chi connectivity index (χ1n) is 5.64. The molecule has 0 fully saturated rings. The second-order valence-corrected chi connectivity index (χ2v) is 4.07. The third kappa shape index (κ3) is 2.69. The molecule has 2 amide bonds. The van der Waals surface area contributed by atoms with Crippen molar-refractivity contribution in [2.24, 2.45) is 5.10 Å². The molecular weight excluding hydrogens is 259 g/mol. The van der Waals surface area contributed by atoms with Crippen LogP contribution in [0, 0.1) is 0 Å². The van der Waals surface area contributed by atoms with Crippen LogP contribution in [0.5, 0.6) is 0 Å². The Hall–Kier alpha value is -2.05. The van der Waals surface area contributed by atoms with E-state index in [1.165, 1.54) is 24.2 Å². The minimum absolute atomic E-state index is 0.359. The summed E-state index contributed by atoms with van der Waals surface area (Å²) in [6, 6.07) is 4.02. The molecule has 1 aliphatic heterocycles. The molecule has 1 aliphatic rings. The summed E-state index contributed by atoms with van der Waals surface area (Å²) >= 11 is 0. The molecule has 4 nitrogen and oxygen atoms in total. The third-order valence-electron chi connectivity index (χ3n) is 2.87. The largest absolute Gasteiger partial charge is 0.416 e. The number of hydrogen-bond acceptors (Lipinski definition) is 2. The third-order valence-corrected chi connectivity index (χ3v) is 2.87. The molecule has 0 saturated carbocycles. The first-order chi connectivity index (χ1) is 8.93. The molecule has 1 heterocycles. The summed E-state index contributed by atoms with van der Waals surface area (Å²) in [5.74, 6) is 0. The molecule has 1 aromatic carbocycles. The number of benzene rings is 1. The van der Waals surface area contributed by atoms with Crippen LogP contribution in [0.1, 0.15) is 23.6 Å². The van der Waals surface area contributed by atoms with E-state index in [4.69, 9.17) is 0 Å². The van der Waals surface area contributed by atoms with E-state index in [-0.39, 0.29) is 6.04 Å². The van der Waals surface area contributed by atoms with Gasteiger partial charge in [-0.1, -0.05) is 12.1 Å². The summed E-state index contributed by atoms with van der Waals surface area (Å²) in [6.07, 6.45) is -2.30. The molecule has 0 aliphatic carbocycles. The van der Waals surface area contributed by atoms with Crippen molar-refractivity contribution in [3.8, 4) is 0 Å². The molecule has 19 heavy (non-hydrogen) atoms. The molecule has 0 saturated heterocycles. The predicted molar refractivity (Wildman–Crippen MR) is 63.6 cm³/mol. The Balaban J connectivity index is 2.21. The van der Waals surface area contributed by atoms with Gasteiger partial charge in [-0.3, -0.25) is 0 Å². The number of hydrogen-bond donors (Lipinski definition) is 1. The smallest absolute Gasteiger partial charge is 0.340 e. The normalized spacial score (nSPS) is 18.7. The number of carbonyl (C=O) groups excluding carboxylic acids is 1. The van der Waals surface area contributed by atoms with Gasteiger partial charge < -0.3 is 5.32 Å². The van der Waals surface area contributed by atoms with Gasteiger partial charge in [-0.15, -0.1) is 0 Å². The lowest BCUT2D eigenvalue weighted by molar-refractivity contribution is -0.137. The zero-order valence-electron chi connectivity index (χ0n) is 10.1. The predicted octanol–water partition coefficient (Wildman–Crippen LogP) is 2.78. The van der Waals surface area contributed by atoms with E-state index in [9.17, 15) is 18.0 Å². The van der Waals surface area contributed by atoms with Crippen LogP contribution in [0.4, 0.5) is 18.0 Å². The molecule has 102 valence electrons. The summed E-state index contributed by atoms with van der Waals surface area (Å²) in [7, 11) is 1.47. The number of nitrogens with zero attached hydrogens (tertiary/aromatic N) is 2. The highest BCUT2D eigenvalue weighted by Crippen LogP contribution is 2.32. The van der Waals surface area contributed by atoms with Gasteiger partial charge in [-0.2, -0.15) is 18.3 Å². The van der Waals surface area contributed by atoms with Crippen LogP contribution in [-0.4, -0.2) is 24.3 Å². The van der Waals surface area contributed by atoms with Gasteiger partial charge in [0.1, 0.15) is 0 Å². The second-order valence-electron chi connectivity index (χ2n) is 4.07. The van der Waals surface area contributed by atoms with E-state index >= 15 is 0 Å². The van der Waals surface area contributed by atoms with Crippen molar-refractivity contribution in [3.05, 3.63) is 35.4 Å². The molecular formula is C12H12F3N3O. The number of alkyl halides is 3. The molecule has 1 unspecified atom stereocenters. The Kier molecular flexibility index (Phi) is 3.46. The number of hydrazone groups is 1. The molecule has 2 rings (SSSR count). The fraction of sp³-hybridized carbons (Fsp3) is 0.333. The summed E-state index contributed by atoms with van der Waals surface area (Å²) < 4.78 is 37.4. The standard InChI is InChI=1S/C12H12F3N3O/c1-16-11(19)18-10(6-7-17-18)8-2-4-9(5-3-8)12(13,14)15/h2-5,7,10H,6H2,1H3,(H,16,19). The highest BCUT2D eigenvalue weighted by molar-refractivity contribution is 5.78. The van der Waals surface area contributed by atoms with Gasteiger partial charge in [0.15, 0.2) is 0 Å². The average molecular weight is 271 g/mol. The monoisotopic (exact) mass is 271 g/mol. The molecule has 1 atom stereocenters. The topological polar surface area (TPSA) is 44.7 Å². The molecule has 0 bridgehead atoms. The minimum Gasteiger partial charge on any atom is -0.340 e. The summed E-state index contributed by atoms with van der Waals surface area (Å²) in [5, 5.41) is 7.57. The lowest BCUT2D eigenvalue weighted by atomic mass is 10.0. The van der Waals surface area contributed by atoms with Crippen LogP contribution >= 0.6 is 0 Å². The maximum Gasteiger partial charge on any atom is 0.416 e. The summed E-state index contributed by atoms with van der Waals surface area (Å²) in [4.78, 5) is 11.5. The average Bonchev–Trinajstić information content (AvgIpc) is 2.86. The molecule has 0 radical (unpaired) electrons.